The quantitative estimate of drug-likeness (QED) is 0.570. The lowest BCUT2D eigenvalue weighted by Gasteiger charge is -2.41. The third-order valence-corrected chi connectivity index (χ3v) is 3.19. The Hall–Kier alpha value is -1.92. The number of aliphatic hydroxyl groups is 2. The molecule has 1 fully saturated rings. The third kappa shape index (κ3) is 2.77. The van der Waals surface area contributed by atoms with E-state index in [1.807, 2.05) is 0 Å². The van der Waals surface area contributed by atoms with Gasteiger partial charge in [-0.3, -0.25) is 14.3 Å². The molecule has 114 valence electrons. The first-order valence-corrected chi connectivity index (χ1v) is 6.26. The van der Waals surface area contributed by atoms with E-state index < -0.39 is 35.5 Å². The highest BCUT2D eigenvalue weighted by Gasteiger charge is 2.46. The number of aliphatic hydroxyl groups excluding tert-OH is 1. The van der Waals surface area contributed by atoms with Crippen molar-refractivity contribution in [1.82, 2.24) is 9.55 Å². The molecule has 1 unspecified atom stereocenters. The van der Waals surface area contributed by atoms with E-state index >= 15 is 0 Å². The van der Waals surface area contributed by atoms with Crippen molar-refractivity contribution >= 4 is 0 Å². The Kier molecular flexibility index (Phi) is 4.02. The number of terminal acetylenes is 1. The second-order valence-electron chi connectivity index (χ2n) is 4.93. The summed E-state index contributed by atoms with van der Waals surface area (Å²) in [5, 5.41) is 19.9. The molecule has 1 aromatic heterocycles. The van der Waals surface area contributed by atoms with Crippen LogP contribution in [0.1, 0.15) is 18.8 Å². The second-order valence-corrected chi connectivity index (χ2v) is 4.93. The van der Waals surface area contributed by atoms with Gasteiger partial charge in [0.25, 0.3) is 5.56 Å². The first-order valence-electron chi connectivity index (χ1n) is 6.26. The van der Waals surface area contributed by atoms with Crippen LogP contribution >= 0.6 is 0 Å². The molecule has 1 aromatic rings. The molecule has 1 aliphatic rings. The molecule has 8 nitrogen and oxygen atoms in total. The molecular weight excluding hydrogens is 280 g/mol. The van der Waals surface area contributed by atoms with Crippen LogP contribution in [-0.2, 0) is 9.47 Å². The zero-order chi connectivity index (χ0) is 15.8. The summed E-state index contributed by atoms with van der Waals surface area (Å²) in [4.78, 5) is 25.3. The summed E-state index contributed by atoms with van der Waals surface area (Å²) < 4.78 is 11.6. The lowest BCUT2D eigenvalue weighted by atomic mass is 10.0. The number of aryl methyl sites for hydroxylation is 1. The zero-order valence-electron chi connectivity index (χ0n) is 11.6. The number of aromatic nitrogens is 2. The van der Waals surface area contributed by atoms with Crippen LogP contribution in [0.4, 0.5) is 0 Å². The van der Waals surface area contributed by atoms with Gasteiger partial charge < -0.3 is 19.7 Å². The molecule has 0 bridgehead atoms. The second kappa shape index (κ2) is 5.46. The minimum atomic E-state index is -1.90. The van der Waals surface area contributed by atoms with Crippen LogP contribution in [0.3, 0.4) is 0 Å². The maximum atomic E-state index is 12.0. The van der Waals surface area contributed by atoms with Gasteiger partial charge in [0.2, 0.25) is 0 Å². The number of hydrogen-bond acceptors (Lipinski definition) is 6. The molecular formula is C13H16N2O6. The van der Waals surface area contributed by atoms with Crippen molar-refractivity contribution in [2.24, 2.45) is 0 Å². The van der Waals surface area contributed by atoms with Crippen LogP contribution in [0.25, 0.3) is 0 Å². The van der Waals surface area contributed by atoms with Gasteiger partial charge in [-0.2, -0.15) is 0 Å². The van der Waals surface area contributed by atoms with E-state index in [9.17, 15) is 19.8 Å². The SMILES string of the molecule is C#CC1(O)CO[C@@H]([C@@H](C)O)O[C@H]1n1c(C)cc(=O)[nH]c1=O. The highest BCUT2D eigenvalue weighted by molar-refractivity contribution is 5.14. The van der Waals surface area contributed by atoms with Crippen molar-refractivity contribution in [2.45, 2.75) is 38.1 Å². The maximum absolute atomic E-state index is 12.0. The fraction of sp³-hybridized carbons (Fsp3) is 0.538. The molecule has 21 heavy (non-hydrogen) atoms. The minimum absolute atomic E-state index is 0.258. The predicted octanol–water partition coefficient (Wildman–Crippen LogP) is -1.54. The maximum Gasteiger partial charge on any atom is 0.330 e. The molecule has 2 rings (SSSR count). The number of nitrogens with zero attached hydrogens (tertiary/aromatic N) is 1. The molecule has 1 aliphatic heterocycles. The van der Waals surface area contributed by atoms with E-state index in [1.165, 1.54) is 19.9 Å². The number of hydrogen-bond donors (Lipinski definition) is 3. The van der Waals surface area contributed by atoms with Crippen molar-refractivity contribution in [2.75, 3.05) is 6.61 Å². The minimum Gasteiger partial charge on any atom is -0.388 e. The molecule has 0 aromatic carbocycles. The van der Waals surface area contributed by atoms with Gasteiger partial charge in [-0.1, -0.05) is 5.92 Å². The van der Waals surface area contributed by atoms with Gasteiger partial charge in [0, 0.05) is 11.8 Å². The van der Waals surface area contributed by atoms with Crippen LogP contribution in [0, 0.1) is 19.3 Å². The summed E-state index contributed by atoms with van der Waals surface area (Å²) in [6.45, 7) is 2.61. The zero-order valence-corrected chi connectivity index (χ0v) is 11.6. The van der Waals surface area contributed by atoms with E-state index in [0.717, 1.165) is 4.57 Å². The molecule has 4 atom stereocenters. The molecule has 2 heterocycles. The van der Waals surface area contributed by atoms with Gasteiger partial charge in [0.15, 0.2) is 18.1 Å². The highest BCUT2D eigenvalue weighted by atomic mass is 16.7. The van der Waals surface area contributed by atoms with Crippen LogP contribution in [0.15, 0.2) is 15.7 Å². The van der Waals surface area contributed by atoms with Crippen molar-refractivity contribution in [1.29, 1.82) is 0 Å². The summed E-state index contributed by atoms with van der Waals surface area (Å²) in [7, 11) is 0. The standard InChI is InChI=1S/C13H16N2O6/c1-4-13(19)6-20-10(8(3)16)21-11(13)15-7(2)5-9(17)14-12(15)18/h1,5,8,10-11,16,19H,6H2,2-3H3,(H,14,17,18)/t8-,10-,11-,13?/m1/s1. The Morgan fingerprint density at radius 3 is 2.81 bits per heavy atom. The third-order valence-electron chi connectivity index (χ3n) is 3.19. The predicted molar refractivity (Wildman–Crippen MR) is 71.4 cm³/mol. The van der Waals surface area contributed by atoms with Crippen molar-refractivity contribution < 1.29 is 19.7 Å². The first-order chi connectivity index (χ1) is 9.78. The summed E-state index contributed by atoms with van der Waals surface area (Å²) in [5.74, 6) is 2.13. The van der Waals surface area contributed by atoms with Gasteiger partial charge in [-0.25, -0.2) is 4.79 Å². The van der Waals surface area contributed by atoms with Gasteiger partial charge >= 0.3 is 5.69 Å². The number of ether oxygens (including phenoxy) is 2. The number of aromatic amines is 1. The van der Waals surface area contributed by atoms with E-state index in [2.05, 4.69) is 10.9 Å². The number of nitrogens with one attached hydrogen (secondary N) is 1. The van der Waals surface area contributed by atoms with Gasteiger partial charge in [-0.05, 0) is 13.8 Å². The highest BCUT2D eigenvalue weighted by Crippen LogP contribution is 2.31. The molecule has 0 amide bonds. The number of H-pyrrole nitrogens is 1. The van der Waals surface area contributed by atoms with Gasteiger partial charge in [0.05, 0.1) is 6.61 Å². The summed E-state index contributed by atoms with van der Waals surface area (Å²) in [6.07, 6.45) is 1.97. The fourth-order valence-corrected chi connectivity index (χ4v) is 2.11. The summed E-state index contributed by atoms with van der Waals surface area (Å²) >= 11 is 0. The van der Waals surface area contributed by atoms with Crippen LogP contribution in [0.2, 0.25) is 0 Å². The normalized spacial score (nSPS) is 30.6. The van der Waals surface area contributed by atoms with E-state index in [-0.39, 0.29) is 12.3 Å². The largest absolute Gasteiger partial charge is 0.388 e. The monoisotopic (exact) mass is 296 g/mol. The van der Waals surface area contributed by atoms with Gasteiger partial charge in [0.1, 0.15) is 6.10 Å². The molecule has 1 saturated heterocycles. The van der Waals surface area contributed by atoms with Crippen molar-refractivity contribution in [3.63, 3.8) is 0 Å². The average molecular weight is 296 g/mol. The topological polar surface area (TPSA) is 114 Å². The average Bonchev–Trinajstić information content (AvgIpc) is 2.39. The fourth-order valence-electron chi connectivity index (χ4n) is 2.11. The number of rotatable bonds is 2. The summed E-state index contributed by atoms with van der Waals surface area (Å²) in [6, 6.07) is 1.18. The van der Waals surface area contributed by atoms with Crippen LogP contribution in [-0.4, -0.2) is 44.4 Å². The molecule has 0 spiro atoms. The first kappa shape index (κ1) is 15.5. The Bertz CT molecular complexity index is 685. The van der Waals surface area contributed by atoms with Gasteiger partial charge in [-0.15, -0.1) is 6.42 Å². The lowest BCUT2D eigenvalue weighted by molar-refractivity contribution is -0.317. The van der Waals surface area contributed by atoms with Crippen molar-refractivity contribution in [3.05, 3.63) is 32.6 Å². The van der Waals surface area contributed by atoms with Crippen LogP contribution in [0.5, 0.6) is 0 Å². The Labute approximate surface area is 119 Å². The van der Waals surface area contributed by atoms with E-state index in [0.29, 0.717) is 0 Å². The lowest BCUT2D eigenvalue weighted by Crippen LogP contribution is -2.56. The molecule has 0 saturated carbocycles. The van der Waals surface area contributed by atoms with Crippen molar-refractivity contribution in [3.8, 4) is 12.3 Å². The molecule has 8 heteroatoms. The van der Waals surface area contributed by atoms with Crippen LogP contribution < -0.4 is 11.2 Å². The smallest absolute Gasteiger partial charge is 0.330 e. The Balaban J connectivity index is 2.54. The molecule has 3 N–H and O–H groups in total. The summed E-state index contributed by atoms with van der Waals surface area (Å²) in [5.41, 5.74) is -2.99. The molecule has 0 aliphatic carbocycles. The Morgan fingerprint density at radius 2 is 2.29 bits per heavy atom. The van der Waals surface area contributed by atoms with E-state index in [4.69, 9.17) is 15.9 Å². The van der Waals surface area contributed by atoms with E-state index in [1.54, 1.807) is 0 Å². The Morgan fingerprint density at radius 1 is 1.62 bits per heavy atom. The molecule has 0 radical (unpaired) electrons.